The maximum atomic E-state index is 13.2. The van der Waals surface area contributed by atoms with Gasteiger partial charge in [-0.3, -0.25) is 9.48 Å². The van der Waals surface area contributed by atoms with Crippen LogP contribution in [0.25, 0.3) is 11.0 Å². The predicted molar refractivity (Wildman–Crippen MR) is 87.6 cm³/mol. The Kier molecular flexibility index (Phi) is 3.95. The van der Waals surface area contributed by atoms with E-state index in [9.17, 15) is 9.18 Å². The van der Waals surface area contributed by atoms with Gasteiger partial charge in [0.2, 0.25) is 0 Å². The number of carbonyl (C=O) groups is 1. The van der Waals surface area contributed by atoms with E-state index in [1.165, 1.54) is 24.4 Å². The first-order valence-electron chi connectivity index (χ1n) is 6.62. The SMILES string of the molecule is Cc1nn(C)c2ncc(C(=O)Nc3ccc(F)c(Cl)c3)c(Cl)c12. The number of hydrogen-bond acceptors (Lipinski definition) is 3. The van der Waals surface area contributed by atoms with Crippen LogP contribution in [0, 0.1) is 12.7 Å². The number of benzene rings is 1. The number of aromatic nitrogens is 3. The topological polar surface area (TPSA) is 59.8 Å². The molecule has 1 amide bonds. The molecule has 0 unspecified atom stereocenters. The molecule has 8 heteroatoms. The molecule has 0 fully saturated rings. The maximum Gasteiger partial charge on any atom is 0.258 e. The molecule has 0 aliphatic carbocycles. The Hall–Kier alpha value is -2.18. The average molecular weight is 353 g/mol. The Morgan fingerprint density at radius 2 is 2.09 bits per heavy atom. The summed E-state index contributed by atoms with van der Waals surface area (Å²) in [5.41, 5.74) is 1.84. The summed E-state index contributed by atoms with van der Waals surface area (Å²) in [6.07, 6.45) is 1.38. The first-order valence-corrected chi connectivity index (χ1v) is 7.38. The quantitative estimate of drug-likeness (QED) is 0.758. The molecular formula is C15H11Cl2FN4O. The number of aryl methyl sites for hydroxylation is 2. The third-order valence-corrected chi connectivity index (χ3v) is 4.07. The highest BCUT2D eigenvalue weighted by molar-refractivity contribution is 6.39. The molecule has 5 nitrogen and oxygen atoms in total. The molecule has 2 heterocycles. The lowest BCUT2D eigenvalue weighted by Crippen LogP contribution is -2.13. The summed E-state index contributed by atoms with van der Waals surface area (Å²) < 4.78 is 14.8. The van der Waals surface area contributed by atoms with E-state index in [0.717, 1.165) is 0 Å². The van der Waals surface area contributed by atoms with Gasteiger partial charge in [0.05, 0.1) is 26.7 Å². The van der Waals surface area contributed by atoms with Crippen molar-refractivity contribution < 1.29 is 9.18 Å². The predicted octanol–water partition coefficient (Wildman–Crippen LogP) is 3.97. The number of halogens is 3. The van der Waals surface area contributed by atoms with Gasteiger partial charge in [-0.25, -0.2) is 9.37 Å². The molecule has 0 atom stereocenters. The number of pyridine rings is 1. The zero-order chi connectivity index (χ0) is 16.7. The van der Waals surface area contributed by atoms with Crippen molar-refractivity contribution in [3.8, 4) is 0 Å². The molecule has 0 saturated heterocycles. The highest BCUT2D eigenvalue weighted by Crippen LogP contribution is 2.29. The molecule has 118 valence electrons. The van der Waals surface area contributed by atoms with Crippen LogP contribution in [-0.4, -0.2) is 20.7 Å². The fourth-order valence-corrected chi connectivity index (χ4v) is 2.84. The molecule has 23 heavy (non-hydrogen) atoms. The van der Waals surface area contributed by atoms with Crippen molar-refractivity contribution in [2.75, 3.05) is 5.32 Å². The molecule has 0 saturated carbocycles. The molecule has 0 aliphatic heterocycles. The Balaban J connectivity index is 1.99. The number of amides is 1. The Bertz CT molecular complexity index is 939. The molecule has 2 aromatic heterocycles. The van der Waals surface area contributed by atoms with Crippen LogP contribution in [0.2, 0.25) is 10.0 Å². The van der Waals surface area contributed by atoms with Gasteiger partial charge in [-0.1, -0.05) is 23.2 Å². The molecule has 1 N–H and O–H groups in total. The highest BCUT2D eigenvalue weighted by Gasteiger charge is 2.18. The average Bonchev–Trinajstić information content (AvgIpc) is 2.78. The van der Waals surface area contributed by atoms with E-state index in [4.69, 9.17) is 23.2 Å². The summed E-state index contributed by atoms with van der Waals surface area (Å²) in [7, 11) is 1.75. The van der Waals surface area contributed by atoms with Crippen LogP contribution in [0.4, 0.5) is 10.1 Å². The van der Waals surface area contributed by atoms with Crippen molar-refractivity contribution in [3.63, 3.8) is 0 Å². The number of nitrogens with one attached hydrogen (secondary N) is 1. The van der Waals surface area contributed by atoms with Crippen molar-refractivity contribution in [1.29, 1.82) is 0 Å². The minimum atomic E-state index is -0.559. The van der Waals surface area contributed by atoms with E-state index < -0.39 is 11.7 Å². The first kappa shape index (κ1) is 15.7. The second-order valence-corrected chi connectivity index (χ2v) is 5.76. The van der Waals surface area contributed by atoms with Gasteiger partial charge in [-0.2, -0.15) is 5.10 Å². The Labute approximate surface area is 141 Å². The van der Waals surface area contributed by atoms with Crippen molar-refractivity contribution in [3.05, 3.63) is 51.5 Å². The third-order valence-electron chi connectivity index (χ3n) is 3.39. The van der Waals surface area contributed by atoms with Crippen LogP contribution in [0.1, 0.15) is 16.1 Å². The van der Waals surface area contributed by atoms with Crippen molar-refractivity contribution in [2.24, 2.45) is 7.05 Å². The van der Waals surface area contributed by atoms with Crippen LogP contribution in [0.15, 0.2) is 24.4 Å². The van der Waals surface area contributed by atoms with Gasteiger partial charge in [0.25, 0.3) is 5.91 Å². The van der Waals surface area contributed by atoms with Crippen LogP contribution >= 0.6 is 23.2 Å². The number of nitrogens with zero attached hydrogens (tertiary/aromatic N) is 3. The fraction of sp³-hybridized carbons (Fsp3) is 0.133. The lowest BCUT2D eigenvalue weighted by atomic mass is 10.2. The first-order chi connectivity index (χ1) is 10.9. The minimum absolute atomic E-state index is 0.0782. The lowest BCUT2D eigenvalue weighted by Gasteiger charge is -2.08. The smallest absolute Gasteiger partial charge is 0.258 e. The summed E-state index contributed by atoms with van der Waals surface area (Å²) in [5, 5.41) is 7.67. The number of carbonyl (C=O) groups excluding carboxylic acids is 1. The second kappa shape index (κ2) is 5.79. The number of rotatable bonds is 2. The normalized spacial score (nSPS) is 11.0. The van der Waals surface area contributed by atoms with E-state index in [1.807, 2.05) is 0 Å². The van der Waals surface area contributed by atoms with Crippen molar-refractivity contribution in [1.82, 2.24) is 14.8 Å². The summed E-state index contributed by atoms with van der Waals surface area (Å²) in [4.78, 5) is 16.6. The summed E-state index contributed by atoms with van der Waals surface area (Å²) in [6.45, 7) is 1.79. The zero-order valence-corrected chi connectivity index (χ0v) is 13.7. The summed E-state index contributed by atoms with van der Waals surface area (Å²) >= 11 is 12.0. The number of hydrogen-bond donors (Lipinski definition) is 1. The standard InChI is InChI=1S/C15H11Cl2FN4O/c1-7-12-13(17)9(6-19-14(12)22(2)21-7)15(23)20-8-3-4-11(18)10(16)5-8/h3-6H,1-2H3,(H,20,23). The van der Waals surface area contributed by atoms with Crippen LogP contribution in [-0.2, 0) is 7.05 Å². The van der Waals surface area contributed by atoms with E-state index in [2.05, 4.69) is 15.4 Å². The molecular weight excluding hydrogens is 342 g/mol. The lowest BCUT2D eigenvalue weighted by molar-refractivity contribution is 0.102. The van der Waals surface area contributed by atoms with Gasteiger partial charge in [-0.05, 0) is 25.1 Å². The van der Waals surface area contributed by atoms with Crippen molar-refractivity contribution >= 4 is 45.8 Å². The zero-order valence-electron chi connectivity index (χ0n) is 12.2. The minimum Gasteiger partial charge on any atom is -0.322 e. The van der Waals surface area contributed by atoms with Gasteiger partial charge >= 0.3 is 0 Å². The molecule has 0 radical (unpaired) electrons. The fourth-order valence-electron chi connectivity index (χ4n) is 2.30. The monoisotopic (exact) mass is 352 g/mol. The Morgan fingerprint density at radius 3 is 2.78 bits per heavy atom. The summed E-state index contributed by atoms with van der Waals surface area (Å²) in [5.74, 6) is -1.02. The van der Waals surface area contributed by atoms with E-state index in [-0.39, 0.29) is 15.6 Å². The maximum absolute atomic E-state index is 13.2. The summed E-state index contributed by atoms with van der Waals surface area (Å²) in [6, 6.07) is 3.91. The molecule has 3 aromatic rings. The molecule has 0 spiro atoms. The van der Waals surface area contributed by atoms with E-state index >= 15 is 0 Å². The largest absolute Gasteiger partial charge is 0.322 e. The highest BCUT2D eigenvalue weighted by atomic mass is 35.5. The van der Waals surface area contributed by atoms with Gasteiger partial charge < -0.3 is 5.32 Å². The van der Waals surface area contributed by atoms with Gasteiger partial charge in [0.15, 0.2) is 5.65 Å². The van der Waals surface area contributed by atoms with E-state index in [0.29, 0.717) is 22.4 Å². The Morgan fingerprint density at radius 1 is 1.35 bits per heavy atom. The van der Waals surface area contributed by atoms with Crippen molar-refractivity contribution in [2.45, 2.75) is 6.92 Å². The van der Waals surface area contributed by atoms with Gasteiger partial charge in [0.1, 0.15) is 5.82 Å². The third kappa shape index (κ3) is 2.75. The molecule has 1 aromatic carbocycles. The van der Waals surface area contributed by atoms with Crippen LogP contribution in [0.5, 0.6) is 0 Å². The molecule has 0 aliphatic rings. The molecule has 3 rings (SSSR count). The van der Waals surface area contributed by atoms with E-state index in [1.54, 1.807) is 18.7 Å². The number of anilines is 1. The van der Waals surface area contributed by atoms with Crippen LogP contribution < -0.4 is 5.32 Å². The molecule has 0 bridgehead atoms. The second-order valence-electron chi connectivity index (χ2n) is 4.98. The number of fused-ring (bicyclic) bond motifs is 1. The van der Waals surface area contributed by atoms with Gasteiger partial charge in [0, 0.05) is 18.9 Å². The van der Waals surface area contributed by atoms with Gasteiger partial charge in [-0.15, -0.1) is 0 Å². The van der Waals surface area contributed by atoms with Crippen LogP contribution in [0.3, 0.4) is 0 Å².